The minimum absolute atomic E-state index is 0.187. The van der Waals surface area contributed by atoms with E-state index in [-0.39, 0.29) is 18.1 Å². The fraction of sp³-hybridized carbons (Fsp3) is 1.00. The number of hydrogen-bond donors (Lipinski definition) is 2. The first-order valence-corrected chi connectivity index (χ1v) is 5.12. The molecule has 0 aromatic heterocycles. The Balaban J connectivity index is 1.93. The van der Waals surface area contributed by atoms with Gasteiger partial charge in [0.15, 0.2) is 0 Å². The Morgan fingerprint density at radius 1 is 0.750 bits per heavy atom. The van der Waals surface area contributed by atoms with Crippen molar-refractivity contribution in [1.82, 2.24) is 0 Å². The Labute approximate surface area is 72.6 Å². The molecule has 0 saturated heterocycles. The van der Waals surface area contributed by atoms with Gasteiger partial charge in [0.1, 0.15) is 0 Å². The number of rotatable bonds is 0. The van der Waals surface area contributed by atoms with Gasteiger partial charge in [-0.25, -0.2) is 0 Å². The minimum Gasteiger partial charge on any atom is -0.392 e. The van der Waals surface area contributed by atoms with Crippen molar-refractivity contribution >= 4 is 0 Å². The van der Waals surface area contributed by atoms with E-state index < -0.39 is 0 Å². The smallest absolute Gasteiger partial charge is 0.0621 e. The molecule has 6 atom stereocenters. The van der Waals surface area contributed by atoms with Crippen LogP contribution in [0, 0.1) is 23.7 Å². The molecule has 0 radical (unpaired) electrons. The fourth-order valence-electron chi connectivity index (χ4n) is 3.85. The molecular weight excluding hydrogens is 152 g/mol. The van der Waals surface area contributed by atoms with E-state index in [1.165, 1.54) is 12.8 Å². The van der Waals surface area contributed by atoms with E-state index in [2.05, 4.69) is 0 Å². The summed E-state index contributed by atoms with van der Waals surface area (Å²) < 4.78 is 0. The maximum atomic E-state index is 9.84. The minimum atomic E-state index is -0.187. The Morgan fingerprint density at radius 2 is 1.33 bits per heavy atom. The van der Waals surface area contributed by atoms with Crippen LogP contribution in [0.15, 0.2) is 0 Å². The second kappa shape index (κ2) is 2.24. The van der Waals surface area contributed by atoms with Crippen molar-refractivity contribution in [2.45, 2.75) is 37.9 Å². The lowest BCUT2D eigenvalue weighted by atomic mass is 9.54. The summed E-state index contributed by atoms with van der Waals surface area (Å²) in [5.74, 6) is 2.10. The van der Waals surface area contributed by atoms with E-state index >= 15 is 0 Å². The van der Waals surface area contributed by atoms with Crippen LogP contribution in [-0.4, -0.2) is 22.4 Å². The molecule has 4 saturated carbocycles. The summed E-state index contributed by atoms with van der Waals surface area (Å²) in [6.45, 7) is 0. The van der Waals surface area contributed by atoms with Crippen LogP contribution in [0.3, 0.4) is 0 Å². The molecule has 4 fully saturated rings. The first kappa shape index (κ1) is 7.34. The van der Waals surface area contributed by atoms with E-state index in [0.29, 0.717) is 11.8 Å². The molecule has 4 aliphatic rings. The highest BCUT2D eigenvalue weighted by Gasteiger charge is 2.52. The third kappa shape index (κ3) is 0.775. The van der Waals surface area contributed by atoms with Gasteiger partial charge >= 0.3 is 0 Å². The van der Waals surface area contributed by atoms with E-state index in [9.17, 15) is 10.2 Å². The summed E-state index contributed by atoms with van der Waals surface area (Å²) in [7, 11) is 0. The van der Waals surface area contributed by atoms with E-state index in [1.807, 2.05) is 0 Å². The first-order valence-electron chi connectivity index (χ1n) is 5.12. The van der Waals surface area contributed by atoms with Gasteiger partial charge in [-0.15, -0.1) is 0 Å². The second-order valence-corrected chi connectivity index (χ2v) is 4.97. The lowest BCUT2D eigenvalue weighted by molar-refractivity contribution is -0.161. The van der Waals surface area contributed by atoms with Crippen LogP contribution in [-0.2, 0) is 0 Å². The van der Waals surface area contributed by atoms with E-state index in [4.69, 9.17) is 0 Å². The molecule has 3 unspecified atom stereocenters. The Hall–Kier alpha value is -0.0800. The average Bonchev–Trinajstić information content (AvgIpc) is 2.07. The topological polar surface area (TPSA) is 40.5 Å². The zero-order valence-electron chi connectivity index (χ0n) is 7.19. The quantitative estimate of drug-likeness (QED) is 0.561. The highest BCUT2D eigenvalue weighted by Crippen LogP contribution is 2.53. The van der Waals surface area contributed by atoms with Crippen molar-refractivity contribution in [2.24, 2.45) is 23.7 Å². The van der Waals surface area contributed by atoms with Gasteiger partial charge in [0.05, 0.1) is 12.2 Å². The molecule has 2 N–H and O–H groups in total. The van der Waals surface area contributed by atoms with Crippen molar-refractivity contribution in [3.05, 3.63) is 0 Å². The molecule has 2 nitrogen and oxygen atoms in total. The zero-order chi connectivity index (χ0) is 8.29. The molecule has 0 heterocycles. The largest absolute Gasteiger partial charge is 0.392 e. The van der Waals surface area contributed by atoms with Crippen LogP contribution in [0.5, 0.6) is 0 Å². The molecule has 4 bridgehead atoms. The van der Waals surface area contributed by atoms with Gasteiger partial charge in [-0.05, 0) is 43.4 Å². The summed E-state index contributed by atoms with van der Waals surface area (Å²) >= 11 is 0. The number of hydrogen-bond acceptors (Lipinski definition) is 2. The van der Waals surface area contributed by atoms with Crippen LogP contribution in [0.25, 0.3) is 0 Å². The van der Waals surface area contributed by atoms with Crippen LogP contribution in [0.1, 0.15) is 25.7 Å². The third-order valence-electron chi connectivity index (χ3n) is 4.33. The predicted octanol–water partition coefficient (Wildman–Crippen LogP) is 0.774. The normalized spacial score (nSPS) is 62.5. The Bertz CT molecular complexity index is 186. The summed E-state index contributed by atoms with van der Waals surface area (Å²) in [5, 5.41) is 19.7. The van der Waals surface area contributed by atoms with Crippen LogP contribution in [0.2, 0.25) is 0 Å². The maximum Gasteiger partial charge on any atom is 0.0621 e. The van der Waals surface area contributed by atoms with Crippen molar-refractivity contribution in [2.75, 3.05) is 0 Å². The van der Waals surface area contributed by atoms with Gasteiger partial charge in [-0.1, -0.05) is 0 Å². The molecule has 0 amide bonds. The lowest BCUT2D eigenvalue weighted by Crippen LogP contribution is -2.55. The predicted molar refractivity (Wildman–Crippen MR) is 44.4 cm³/mol. The third-order valence-corrected chi connectivity index (χ3v) is 4.33. The molecule has 68 valence electrons. The van der Waals surface area contributed by atoms with Crippen molar-refractivity contribution in [3.63, 3.8) is 0 Å². The molecule has 4 rings (SSSR count). The van der Waals surface area contributed by atoms with E-state index in [1.54, 1.807) is 0 Å². The zero-order valence-corrected chi connectivity index (χ0v) is 7.19. The standard InChI is InChI=1S/C10H16O2/c11-9-6-1-5-2-7(4-6)10(12)8(9)3-5/h5-12H,1-4H2/t5?,6-,7?,8?,9+,10-/m1/s1. The second-order valence-electron chi connectivity index (χ2n) is 4.97. The van der Waals surface area contributed by atoms with Gasteiger partial charge in [0, 0.05) is 5.92 Å². The van der Waals surface area contributed by atoms with Gasteiger partial charge < -0.3 is 10.2 Å². The van der Waals surface area contributed by atoms with Crippen LogP contribution >= 0.6 is 0 Å². The highest BCUT2D eigenvalue weighted by atomic mass is 16.3. The molecule has 0 spiro atoms. The summed E-state index contributed by atoms with van der Waals surface area (Å²) in [5.41, 5.74) is 0. The van der Waals surface area contributed by atoms with Crippen molar-refractivity contribution < 1.29 is 10.2 Å². The fourth-order valence-corrected chi connectivity index (χ4v) is 3.85. The Morgan fingerprint density at radius 3 is 1.92 bits per heavy atom. The molecule has 0 aromatic carbocycles. The van der Waals surface area contributed by atoms with E-state index in [0.717, 1.165) is 18.8 Å². The summed E-state index contributed by atoms with van der Waals surface area (Å²) in [6.07, 6.45) is 4.23. The van der Waals surface area contributed by atoms with Crippen molar-refractivity contribution in [3.8, 4) is 0 Å². The van der Waals surface area contributed by atoms with Gasteiger partial charge in [0.25, 0.3) is 0 Å². The monoisotopic (exact) mass is 168 g/mol. The average molecular weight is 168 g/mol. The molecule has 0 aromatic rings. The number of aliphatic hydroxyl groups is 2. The van der Waals surface area contributed by atoms with Crippen LogP contribution in [0.4, 0.5) is 0 Å². The van der Waals surface area contributed by atoms with Gasteiger partial charge in [-0.2, -0.15) is 0 Å². The molecular formula is C10H16O2. The molecule has 0 aliphatic heterocycles. The lowest BCUT2D eigenvalue weighted by Gasteiger charge is -2.55. The number of aliphatic hydroxyl groups excluding tert-OH is 2. The molecule has 4 aliphatic carbocycles. The first-order chi connectivity index (χ1) is 5.75. The highest BCUT2D eigenvalue weighted by molar-refractivity contribution is 5.02. The Kier molecular flexibility index (Phi) is 1.37. The maximum absolute atomic E-state index is 9.84. The summed E-state index contributed by atoms with van der Waals surface area (Å²) in [6, 6.07) is 0. The van der Waals surface area contributed by atoms with Gasteiger partial charge in [0.2, 0.25) is 0 Å². The van der Waals surface area contributed by atoms with Crippen LogP contribution < -0.4 is 0 Å². The summed E-state index contributed by atoms with van der Waals surface area (Å²) in [4.78, 5) is 0. The SMILES string of the molecule is O[C@@H]1C2CC3CC1[C@@H](O)[C@H](C3)C2. The van der Waals surface area contributed by atoms with Gasteiger partial charge in [-0.3, -0.25) is 0 Å². The molecule has 2 heteroatoms. The van der Waals surface area contributed by atoms with Crippen molar-refractivity contribution in [1.29, 1.82) is 0 Å². The molecule has 12 heavy (non-hydrogen) atoms.